The van der Waals surface area contributed by atoms with Crippen molar-refractivity contribution in [2.75, 3.05) is 6.61 Å². The maximum atomic E-state index is 12.5. The van der Waals surface area contributed by atoms with Gasteiger partial charge in [0.1, 0.15) is 5.75 Å². The van der Waals surface area contributed by atoms with Crippen molar-refractivity contribution < 1.29 is 14.6 Å². The minimum Gasteiger partial charge on any atom is -0.493 e. The van der Waals surface area contributed by atoms with E-state index in [2.05, 4.69) is 0 Å². The van der Waals surface area contributed by atoms with Gasteiger partial charge in [-0.25, -0.2) is 9.97 Å². The molecule has 6 rings (SSSR count). The molecule has 1 aliphatic rings. The van der Waals surface area contributed by atoms with E-state index in [1.165, 1.54) is 5.56 Å². The first kappa shape index (κ1) is 20.6. The fourth-order valence-corrected chi connectivity index (χ4v) is 5.27. The van der Waals surface area contributed by atoms with E-state index >= 15 is 0 Å². The van der Waals surface area contributed by atoms with Gasteiger partial charge in [0.05, 0.1) is 34.8 Å². The van der Waals surface area contributed by atoms with Gasteiger partial charge >= 0.3 is 5.97 Å². The van der Waals surface area contributed by atoms with E-state index in [1.54, 1.807) is 0 Å². The molecule has 0 fully saturated rings. The van der Waals surface area contributed by atoms with Gasteiger partial charge in [-0.3, -0.25) is 14.2 Å². The number of aliphatic carboxylic acids is 1. The largest absolute Gasteiger partial charge is 0.493 e. The Morgan fingerprint density at radius 1 is 1.18 bits per heavy atom. The number of hydrogen-bond acceptors (Lipinski definition) is 5. The van der Waals surface area contributed by atoms with Crippen molar-refractivity contribution in [2.24, 2.45) is 0 Å². The van der Waals surface area contributed by atoms with Gasteiger partial charge < -0.3 is 9.84 Å². The molecule has 0 aliphatic carbocycles. The number of nitrogens with zero attached hydrogens (tertiary/aromatic N) is 4. The Bertz CT molecular complexity index is 1590. The molecule has 0 bridgehead atoms. The Hall–Kier alpha value is -4.00. The summed E-state index contributed by atoms with van der Waals surface area (Å²) in [7, 11) is 0. The SMILES string of the molecule is CCCC(C(=O)O)c1c(C)nc2nc3ccccc3n2c1-c1ccc2c3c(ccnc13)CCO2. The van der Waals surface area contributed by atoms with Crippen LogP contribution in [0.2, 0.25) is 0 Å². The van der Waals surface area contributed by atoms with Crippen LogP contribution >= 0.6 is 0 Å². The fourth-order valence-electron chi connectivity index (χ4n) is 5.27. The van der Waals surface area contributed by atoms with Gasteiger partial charge in [-0.2, -0.15) is 0 Å². The number of pyridine rings is 1. The zero-order valence-electron chi connectivity index (χ0n) is 19.1. The lowest BCUT2D eigenvalue weighted by atomic mass is 9.88. The topological polar surface area (TPSA) is 89.6 Å². The number of fused-ring (bicyclic) bond motifs is 3. The normalized spacial score (nSPS) is 13.9. The van der Waals surface area contributed by atoms with E-state index in [1.807, 2.05) is 66.9 Å². The predicted octanol–water partition coefficient (Wildman–Crippen LogP) is 5.31. The third-order valence-corrected chi connectivity index (χ3v) is 6.73. The van der Waals surface area contributed by atoms with Gasteiger partial charge in [0.2, 0.25) is 5.78 Å². The molecule has 5 aromatic rings. The number of carboxylic acids is 1. The van der Waals surface area contributed by atoms with Crippen molar-refractivity contribution in [3.63, 3.8) is 0 Å². The lowest BCUT2D eigenvalue weighted by Gasteiger charge is -2.23. The van der Waals surface area contributed by atoms with E-state index in [4.69, 9.17) is 19.7 Å². The summed E-state index contributed by atoms with van der Waals surface area (Å²) in [5, 5.41) is 11.2. The lowest BCUT2D eigenvalue weighted by molar-refractivity contribution is -0.139. The molecule has 3 aromatic heterocycles. The van der Waals surface area contributed by atoms with Gasteiger partial charge in [-0.15, -0.1) is 0 Å². The van der Waals surface area contributed by atoms with Crippen molar-refractivity contribution >= 4 is 33.7 Å². The van der Waals surface area contributed by atoms with Gasteiger partial charge in [0, 0.05) is 34.8 Å². The van der Waals surface area contributed by atoms with Crippen LogP contribution in [0.1, 0.15) is 42.5 Å². The molecule has 1 aliphatic heterocycles. The van der Waals surface area contributed by atoms with Gasteiger partial charge in [0.25, 0.3) is 0 Å². The third kappa shape index (κ3) is 2.96. The molecule has 0 spiro atoms. The van der Waals surface area contributed by atoms with Gasteiger partial charge in [-0.1, -0.05) is 25.5 Å². The average molecular weight is 453 g/mol. The highest BCUT2D eigenvalue weighted by molar-refractivity contribution is 6.01. The molecule has 7 heteroatoms. The van der Waals surface area contributed by atoms with Crippen molar-refractivity contribution in [3.05, 3.63) is 65.5 Å². The van der Waals surface area contributed by atoms with Crippen LogP contribution in [0.3, 0.4) is 0 Å². The number of aryl methyl sites for hydroxylation is 1. The predicted molar refractivity (Wildman–Crippen MR) is 130 cm³/mol. The smallest absolute Gasteiger partial charge is 0.311 e. The van der Waals surface area contributed by atoms with E-state index in [9.17, 15) is 9.90 Å². The molecule has 34 heavy (non-hydrogen) atoms. The zero-order valence-corrected chi connectivity index (χ0v) is 19.1. The van der Waals surface area contributed by atoms with Crippen LogP contribution in [0.15, 0.2) is 48.7 Å². The number of benzene rings is 2. The maximum Gasteiger partial charge on any atom is 0.311 e. The first-order chi connectivity index (χ1) is 16.6. The number of hydrogen-bond donors (Lipinski definition) is 1. The summed E-state index contributed by atoms with van der Waals surface area (Å²) < 4.78 is 7.94. The second-order valence-corrected chi connectivity index (χ2v) is 8.78. The molecule has 0 saturated heterocycles. The van der Waals surface area contributed by atoms with Crippen molar-refractivity contribution in [2.45, 2.75) is 39.0 Å². The minimum atomic E-state index is -0.851. The summed E-state index contributed by atoms with van der Waals surface area (Å²) in [6.07, 6.45) is 3.90. The summed E-state index contributed by atoms with van der Waals surface area (Å²) in [5.41, 5.74) is 6.74. The summed E-state index contributed by atoms with van der Waals surface area (Å²) in [5.74, 6) is -0.179. The van der Waals surface area contributed by atoms with Crippen LogP contribution in [-0.4, -0.2) is 37.0 Å². The lowest BCUT2D eigenvalue weighted by Crippen LogP contribution is -2.17. The fraction of sp³-hybridized carbons (Fsp3) is 0.259. The molecule has 7 nitrogen and oxygen atoms in total. The monoisotopic (exact) mass is 452 g/mol. The van der Waals surface area contributed by atoms with Crippen LogP contribution in [-0.2, 0) is 11.2 Å². The first-order valence-electron chi connectivity index (χ1n) is 11.6. The van der Waals surface area contributed by atoms with Crippen molar-refractivity contribution in [1.82, 2.24) is 19.4 Å². The Morgan fingerprint density at radius 3 is 2.85 bits per heavy atom. The van der Waals surface area contributed by atoms with E-state index < -0.39 is 11.9 Å². The molecule has 170 valence electrons. The molecular weight excluding hydrogens is 428 g/mol. The van der Waals surface area contributed by atoms with E-state index in [0.29, 0.717) is 30.1 Å². The molecular formula is C27H24N4O3. The number of ether oxygens (including phenoxy) is 1. The molecule has 1 unspecified atom stereocenters. The first-order valence-corrected chi connectivity index (χ1v) is 11.6. The third-order valence-electron chi connectivity index (χ3n) is 6.73. The Balaban J connectivity index is 1.81. The second-order valence-electron chi connectivity index (χ2n) is 8.78. The molecule has 0 radical (unpaired) electrons. The number of rotatable bonds is 5. The Kier molecular flexibility index (Phi) is 4.72. The highest BCUT2D eigenvalue weighted by Gasteiger charge is 2.30. The summed E-state index contributed by atoms with van der Waals surface area (Å²) >= 11 is 0. The van der Waals surface area contributed by atoms with Crippen LogP contribution in [0, 0.1) is 6.92 Å². The van der Waals surface area contributed by atoms with Gasteiger partial charge in [0.15, 0.2) is 0 Å². The van der Waals surface area contributed by atoms with Crippen LogP contribution in [0.25, 0.3) is 39.0 Å². The van der Waals surface area contributed by atoms with Crippen LogP contribution < -0.4 is 4.74 Å². The van der Waals surface area contributed by atoms with Crippen molar-refractivity contribution in [1.29, 1.82) is 0 Å². The molecule has 0 saturated carbocycles. The van der Waals surface area contributed by atoms with E-state index in [-0.39, 0.29) is 0 Å². The summed E-state index contributed by atoms with van der Waals surface area (Å²) in [6, 6.07) is 13.9. The zero-order chi connectivity index (χ0) is 23.4. The standard InChI is InChI=1S/C27H24N4O3/c1-3-6-17(26(32)33)22-15(2)29-27-30-19-7-4-5-8-20(19)31(27)25(22)18-9-10-21-23-16(12-14-34-21)11-13-28-24(18)23/h4-5,7-11,13,17H,3,6,12,14H2,1-2H3,(H,32,33). The number of carboxylic acid groups (broad SMARTS) is 1. The molecule has 1 atom stereocenters. The van der Waals surface area contributed by atoms with E-state index in [0.717, 1.165) is 51.8 Å². The molecule has 2 aromatic carbocycles. The van der Waals surface area contributed by atoms with Crippen LogP contribution in [0.4, 0.5) is 0 Å². The quantitative estimate of drug-likeness (QED) is 0.389. The maximum absolute atomic E-state index is 12.5. The Labute approximate surface area is 196 Å². The average Bonchev–Trinajstić information content (AvgIpc) is 3.20. The Morgan fingerprint density at radius 2 is 2.03 bits per heavy atom. The highest BCUT2D eigenvalue weighted by Crippen LogP contribution is 2.42. The number of para-hydroxylation sites is 2. The van der Waals surface area contributed by atoms with Crippen LogP contribution in [0.5, 0.6) is 5.75 Å². The minimum absolute atomic E-state index is 0.515. The molecule has 1 N–H and O–H groups in total. The highest BCUT2D eigenvalue weighted by atomic mass is 16.5. The van der Waals surface area contributed by atoms with Crippen molar-refractivity contribution in [3.8, 4) is 17.0 Å². The summed E-state index contributed by atoms with van der Waals surface area (Å²) in [6.45, 7) is 4.52. The molecule has 0 amide bonds. The number of imidazole rings is 1. The van der Waals surface area contributed by atoms with Gasteiger partial charge in [-0.05, 0) is 49.2 Å². The number of carbonyl (C=O) groups is 1. The molecule has 4 heterocycles. The number of aromatic nitrogens is 4. The second kappa shape index (κ2) is 7.80. The summed E-state index contributed by atoms with van der Waals surface area (Å²) in [4.78, 5) is 26.8.